The van der Waals surface area contributed by atoms with Crippen molar-refractivity contribution in [2.75, 3.05) is 5.32 Å². The molecule has 1 aromatic carbocycles. The molecule has 1 heterocycles. The van der Waals surface area contributed by atoms with E-state index in [4.69, 9.17) is 5.73 Å². The number of nitrogens with two attached hydrogens (primary N) is 1. The fourth-order valence-electron chi connectivity index (χ4n) is 1.53. The lowest BCUT2D eigenvalue weighted by atomic mass is 10.3. The first kappa shape index (κ1) is 12.1. The number of guanidine groups is 1. The molecular formula is C12H16N6. The average Bonchev–Trinajstić information content (AvgIpc) is 2.85. The Morgan fingerprint density at radius 3 is 2.89 bits per heavy atom. The van der Waals surface area contributed by atoms with Crippen LogP contribution in [-0.4, -0.2) is 20.7 Å². The van der Waals surface area contributed by atoms with E-state index >= 15 is 0 Å². The van der Waals surface area contributed by atoms with Crippen LogP contribution in [0.15, 0.2) is 41.7 Å². The molecule has 0 radical (unpaired) electrons. The van der Waals surface area contributed by atoms with Crippen LogP contribution in [0.4, 0.5) is 5.69 Å². The Morgan fingerprint density at radius 1 is 1.39 bits per heavy atom. The number of nitrogens with zero attached hydrogens (tertiary/aromatic N) is 4. The first-order chi connectivity index (χ1) is 8.79. The van der Waals surface area contributed by atoms with Crippen LogP contribution in [0.3, 0.4) is 0 Å². The Morgan fingerprint density at radius 2 is 2.17 bits per heavy atom. The molecule has 6 heteroatoms. The number of hydrogen-bond acceptors (Lipinski definition) is 3. The number of rotatable bonds is 4. The van der Waals surface area contributed by atoms with E-state index in [9.17, 15) is 0 Å². The van der Waals surface area contributed by atoms with Gasteiger partial charge in [-0.25, -0.2) is 4.99 Å². The van der Waals surface area contributed by atoms with Gasteiger partial charge in [0, 0.05) is 12.2 Å². The van der Waals surface area contributed by atoms with Gasteiger partial charge >= 0.3 is 0 Å². The number of nitrogens with one attached hydrogen (secondary N) is 1. The van der Waals surface area contributed by atoms with Gasteiger partial charge < -0.3 is 15.6 Å². The van der Waals surface area contributed by atoms with Gasteiger partial charge in [0.2, 0.25) is 0 Å². The Bertz CT molecular complexity index is 516. The average molecular weight is 244 g/mol. The van der Waals surface area contributed by atoms with Crippen LogP contribution < -0.4 is 11.1 Å². The van der Waals surface area contributed by atoms with Crippen molar-refractivity contribution < 1.29 is 0 Å². The Hall–Kier alpha value is -2.37. The number of anilines is 1. The van der Waals surface area contributed by atoms with Crippen LogP contribution in [0.2, 0.25) is 0 Å². The highest BCUT2D eigenvalue weighted by Gasteiger charge is 2.01. The number of hydrogen-bond donors (Lipinski definition) is 2. The van der Waals surface area contributed by atoms with Crippen molar-refractivity contribution in [2.24, 2.45) is 10.7 Å². The topological polar surface area (TPSA) is 81.1 Å². The third-order valence-electron chi connectivity index (χ3n) is 2.47. The largest absolute Gasteiger partial charge is 0.370 e. The molecule has 1 aromatic heterocycles. The zero-order valence-electron chi connectivity index (χ0n) is 10.2. The molecule has 18 heavy (non-hydrogen) atoms. The molecular weight excluding hydrogens is 228 g/mol. The minimum atomic E-state index is 0.367. The number of para-hydroxylation sites is 1. The molecule has 0 saturated carbocycles. The highest BCUT2D eigenvalue weighted by Crippen LogP contribution is 2.04. The number of benzene rings is 1. The monoisotopic (exact) mass is 244 g/mol. The molecule has 0 bridgehead atoms. The summed E-state index contributed by atoms with van der Waals surface area (Å²) in [6.45, 7) is 3.27. The fourth-order valence-corrected chi connectivity index (χ4v) is 1.53. The van der Waals surface area contributed by atoms with E-state index < -0.39 is 0 Å². The predicted octanol–water partition coefficient (Wildman–Crippen LogP) is 1.22. The summed E-state index contributed by atoms with van der Waals surface area (Å²) in [7, 11) is 0. The van der Waals surface area contributed by atoms with Crippen molar-refractivity contribution >= 4 is 11.6 Å². The van der Waals surface area contributed by atoms with Gasteiger partial charge in [0.25, 0.3) is 0 Å². The summed E-state index contributed by atoms with van der Waals surface area (Å²) in [5, 5.41) is 10.8. The second-order valence-corrected chi connectivity index (χ2v) is 3.73. The number of aryl methyl sites for hydroxylation is 1. The van der Waals surface area contributed by atoms with E-state index in [1.54, 1.807) is 6.33 Å². The molecule has 0 aliphatic heterocycles. The summed E-state index contributed by atoms with van der Waals surface area (Å²) in [4.78, 5) is 4.23. The molecule has 0 aliphatic rings. The van der Waals surface area contributed by atoms with E-state index in [1.807, 2.05) is 41.8 Å². The molecule has 0 atom stereocenters. The highest BCUT2D eigenvalue weighted by molar-refractivity contribution is 5.92. The van der Waals surface area contributed by atoms with E-state index in [1.165, 1.54) is 0 Å². The molecule has 2 aromatic rings. The first-order valence-corrected chi connectivity index (χ1v) is 5.78. The van der Waals surface area contributed by atoms with Crippen molar-refractivity contribution in [1.29, 1.82) is 0 Å². The highest BCUT2D eigenvalue weighted by atomic mass is 15.3. The SMILES string of the molecule is CCn1cnnc1CN=C(N)Nc1ccccc1. The summed E-state index contributed by atoms with van der Waals surface area (Å²) >= 11 is 0. The maximum absolute atomic E-state index is 5.80. The third-order valence-corrected chi connectivity index (χ3v) is 2.47. The zero-order valence-corrected chi connectivity index (χ0v) is 10.2. The van der Waals surface area contributed by atoms with Gasteiger partial charge in [0.1, 0.15) is 12.9 Å². The van der Waals surface area contributed by atoms with Gasteiger partial charge in [-0.2, -0.15) is 0 Å². The van der Waals surface area contributed by atoms with Crippen LogP contribution >= 0.6 is 0 Å². The quantitative estimate of drug-likeness (QED) is 0.626. The van der Waals surface area contributed by atoms with Gasteiger partial charge in [-0.3, -0.25) is 0 Å². The van der Waals surface area contributed by atoms with Crippen LogP contribution in [-0.2, 0) is 13.1 Å². The second-order valence-electron chi connectivity index (χ2n) is 3.73. The zero-order chi connectivity index (χ0) is 12.8. The Kier molecular flexibility index (Phi) is 3.90. The molecule has 6 nitrogen and oxygen atoms in total. The van der Waals surface area contributed by atoms with E-state index in [0.29, 0.717) is 12.5 Å². The van der Waals surface area contributed by atoms with Crippen molar-refractivity contribution in [3.05, 3.63) is 42.5 Å². The predicted molar refractivity (Wildman–Crippen MR) is 71.1 cm³/mol. The molecule has 0 saturated heterocycles. The van der Waals surface area contributed by atoms with Crippen molar-refractivity contribution in [1.82, 2.24) is 14.8 Å². The fraction of sp³-hybridized carbons (Fsp3) is 0.250. The molecule has 0 amide bonds. The molecule has 94 valence electrons. The maximum Gasteiger partial charge on any atom is 0.193 e. The smallest absolute Gasteiger partial charge is 0.193 e. The van der Waals surface area contributed by atoms with Crippen LogP contribution in [0.1, 0.15) is 12.7 Å². The number of aliphatic imine (C=N–C) groups is 1. The van der Waals surface area contributed by atoms with Gasteiger partial charge in [-0.1, -0.05) is 18.2 Å². The van der Waals surface area contributed by atoms with Crippen molar-refractivity contribution in [2.45, 2.75) is 20.0 Å². The summed E-state index contributed by atoms with van der Waals surface area (Å²) in [5.41, 5.74) is 6.71. The molecule has 0 fully saturated rings. The summed E-state index contributed by atoms with van der Waals surface area (Å²) < 4.78 is 1.93. The molecule has 3 N–H and O–H groups in total. The molecule has 0 spiro atoms. The van der Waals surface area contributed by atoms with Gasteiger partial charge in [-0.05, 0) is 19.1 Å². The maximum atomic E-state index is 5.80. The first-order valence-electron chi connectivity index (χ1n) is 5.78. The Balaban J connectivity index is 1.97. The summed E-state index contributed by atoms with van der Waals surface area (Å²) in [6.07, 6.45) is 1.69. The van der Waals surface area contributed by atoms with Gasteiger partial charge in [-0.15, -0.1) is 10.2 Å². The van der Waals surface area contributed by atoms with Crippen LogP contribution in [0.5, 0.6) is 0 Å². The minimum Gasteiger partial charge on any atom is -0.370 e. The molecule has 0 aliphatic carbocycles. The van der Waals surface area contributed by atoms with Gasteiger partial charge in [0.05, 0.1) is 0 Å². The standard InChI is InChI=1S/C12H16N6/c1-2-18-9-15-17-11(18)8-14-12(13)16-10-6-4-3-5-7-10/h3-7,9H,2,8H2,1H3,(H3,13,14,16). The van der Waals surface area contributed by atoms with Crippen LogP contribution in [0, 0.1) is 0 Å². The second kappa shape index (κ2) is 5.81. The van der Waals surface area contributed by atoms with E-state index in [0.717, 1.165) is 18.1 Å². The van der Waals surface area contributed by atoms with E-state index in [2.05, 4.69) is 20.5 Å². The Labute approximate surface area is 106 Å². The normalized spacial score (nSPS) is 11.5. The lowest BCUT2D eigenvalue weighted by Crippen LogP contribution is -2.22. The van der Waals surface area contributed by atoms with Crippen LogP contribution in [0.25, 0.3) is 0 Å². The summed E-state index contributed by atoms with van der Waals surface area (Å²) in [6, 6.07) is 9.67. The minimum absolute atomic E-state index is 0.367. The number of aromatic nitrogens is 3. The molecule has 2 rings (SSSR count). The summed E-state index contributed by atoms with van der Waals surface area (Å²) in [5.74, 6) is 1.17. The van der Waals surface area contributed by atoms with Gasteiger partial charge in [0.15, 0.2) is 11.8 Å². The van der Waals surface area contributed by atoms with Crippen molar-refractivity contribution in [3.63, 3.8) is 0 Å². The van der Waals surface area contributed by atoms with E-state index in [-0.39, 0.29) is 0 Å². The van der Waals surface area contributed by atoms with Crippen molar-refractivity contribution in [3.8, 4) is 0 Å². The molecule has 0 unspecified atom stereocenters. The third kappa shape index (κ3) is 3.07. The lowest BCUT2D eigenvalue weighted by Gasteiger charge is -2.05. The lowest BCUT2D eigenvalue weighted by molar-refractivity contribution is 0.699.